The molecule has 2 aromatic heterocycles. The number of anilines is 2. The first-order valence-corrected chi connectivity index (χ1v) is 11.9. The average molecular weight is 444 g/mol. The van der Waals surface area contributed by atoms with Gasteiger partial charge >= 0.3 is 0 Å². The number of halogens is 1. The van der Waals surface area contributed by atoms with Crippen LogP contribution in [0, 0.1) is 5.92 Å². The molecule has 0 saturated heterocycles. The van der Waals surface area contributed by atoms with Gasteiger partial charge in [0.2, 0.25) is 0 Å². The lowest BCUT2D eigenvalue weighted by atomic mass is 9.90. The first-order chi connectivity index (χ1) is 15.1. The molecule has 7 heteroatoms. The quantitative estimate of drug-likeness (QED) is 0.481. The number of nitrogens with zero attached hydrogens (tertiary/aromatic N) is 2. The fraction of sp³-hybridized carbons (Fsp3) is 0.583. The van der Waals surface area contributed by atoms with Crippen LogP contribution in [0.1, 0.15) is 45.4 Å². The maximum absolute atomic E-state index is 6.49. The van der Waals surface area contributed by atoms with Crippen molar-refractivity contribution in [2.75, 3.05) is 30.9 Å². The number of rotatable bonds is 10. The molecule has 0 amide bonds. The summed E-state index contributed by atoms with van der Waals surface area (Å²) in [4.78, 5) is 9.08. The fourth-order valence-corrected chi connectivity index (χ4v) is 4.50. The second-order valence-corrected chi connectivity index (χ2v) is 9.43. The molecule has 2 aliphatic rings. The van der Waals surface area contributed by atoms with Crippen LogP contribution in [0.4, 0.5) is 11.5 Å². The number of hydrogen-bond acceptors (Lipinski definition) is 6. The van der Waals surface area contributed by atoms with Gasteiger partial charge in [0.1, 0.15) is 5.82 Å². The van der Waals surface area contributed by atoms with E-state index in [-0.39, 0.29) is 0 Å². The Morgan fingerprint density at radius 1 is 1.10 bits per heavy atom. The summed E-state index contributed by atoms with van der Waals surface area (Å²) in [5.74, 6) is 1.69. The van der Waals surface area contributed by atoms with Crippen LogP contribution in [-0.4, -0.2) is 48.4 Å². The van der Waals surface area contributed by atoms with Gasteiger partial charge in [-0.05, 0) is 69.6 Å². The molecular formula is C24H34ClN5O. The normalized spacial score (nSPS) is 22.2. The third-order valence-electron chi connectivity index (χ3n) is 6.20. The molecule has 168 valence electrons. The standard InChI is InChI=1S/C24H34ClN5O/c1-16(15-31-2)29-18-5-7-19(8-6-18)30-24-12-21(22(25)14-28-24)23-11-20(9-10-26-23)27-13-17-3-4-17/h9-12,14,16-19,29H,3-8,13,15H2,1-2H3,(H,26,27)(H,28,30). The first kappa shape index (κ1) is 22.3. The SMILES string of the molecule is COCC(C)NC1CCC(Nc2cc(-c3cc(NCC4CC4)ccn3)c(Cl)cn2)CC1. The minimum absolute atomic E-state index is 0.391. The first-order valence-electron chi connectivity index (χ1n) is 11.5. The Hall–Kier alpha value is -1.89. The van der Waals surface area contributed by atoms with Gasteiger partial charge in [0, 0.05) is 55.4 Å². The molecule has 2 saturated carbocycles. The van der Waals surface area contributed by atoms with E-state index < -0.39 is 0 Å². The lowest BCUT2D eigenvalue weighted by Crippen LogP contribution is -2.42. The van der Waals surface area contributed by atoms with Crippen LogP contribution in [0.5, 0.6) is 0 Å². The summed E-state index contributed by atoms with van der Waals surface area (Å²) in [6, 6.07) is 7.50. The second-order valence-electron chi connectivity index (χ2n) is 9.02. The summed E-state index contributed by atoms with van der Waals surface area (Å²) in [6.45, 7) is 3.96. The highest BCUT2D eigenvalue weighted by Crippen LogP contribution is 2.32. The Balaban J connectivity index is 1.35. The van der Waals surface area contributed by atoms with E-state index in [4.69, 9.17) is 16.3 Å². The predicted octanol–water partition coefficient (Wildman–Crippen LogP) is 4.97. The van der Waals surface area contributed by atoms with E-state index in [1.54, 1.807) is 13.3 Å². The van der Waals surface area contributed by atoms with E-state index in [2.05, 4.69) is 38.9 Å². The molecule has 2 aromatic rings. The van der Waals surface area contributed by atoms with Crippen molar-refractivity contribution in [3.8, 4) is 11.3 Å². The Morgan fingerprint density at radius 3 is 2.61 bits per heavy atom. The molecule has 31 heavy (non-hydrogen) atoms. The van der Waals surface area contributed by atoms with E-state index >= 15 is 0 Å². The molecule has 1 atom stereocenters. The zero-order valence-corrected chi connectivity index (χ0v) is 19.3. The van der Waals surface area contributed by atoms with Crippen LogP contribution >= 0.6 is 11.6 Å². The number of pyridine rings is 2. The third-order valence-corrected chi connectivity index (χ3v) is 6.50. The van der Waals surface area contributed by atoms with Crippen LogP contribution < -0.4 is 16.0 Å². The molecule has 2 aliphatic carbocycles. The number of aromatic nitrogens is 2. The molecule has 2 heterocycles. The van der Waals surface area contributed by atoms with Gasteiger partial charge in [0.25, 0.3) is 0 Å². The van der Waals surface area contributed by atoms with Gasteiger partial charge < -0.3 is 20.7 Å². The van der Waals surface area contributed by atoms with Gasteiger partial charge in [-0.2, -0.15) is 0 Å². The largest absolute Gasteiger partial charge is 0.385 e. The van der Waals surface area contributed by atoms with Gasteiger partial charge in [-0.25, -0.2) is 4.98 Å². The minimum Gasteiger partial charge on any atom is -0.385 e. The topological polar surface area (TPSA) is 71.1 Å². The molecule has 2 fully saturated rings. The van der Waals surface area contributed by atoms with Crippen molar-refractivity contribution < 1.29 is 4.74 Å². The summed E-state index contributed by atoms with van der Waals surface area (Å²) in [5.41, 5.74) is 2.88. The highest BCUT2D eigenvalue weighted by atomic mass is 35.5. The van der Waals surface area contributed by atoms with Crippen LogP contribution in [-0.2, 0) is 4.74 Å². The number of ether oxygens (including phenoxy) is 1. The number of methoxy groups -OCH3 is 1. The smallest absolute Gasteiger partial charge is 0.126 e. The zero-order chi connectivity index (χ0) is 21.6. The summed E-state index contributed by atoms with van der Waals surface area (Å²) in [7, 11) is 1.75. The minimum atomic E-state index is 0.391. The summed E-state index contributed by atoms with van der Waals surface area (Å²) >= 11 is 6.49. The lowest BCUT2D eigenvalue weighted by Gasteiger charge is -2.31. The summed E-state index contributed by atoms with van der Waals surface area (Å²) in [6.07, 6.45) is 10.8. The summed E-state index contributed by atoms with van der Waals surface area (Å²) in [5, 5.41) is 11.4. The maximum Gasteiger partial charge on any atom is 0.126 e. The number of nitrogens with one attached hydrogen (secondary N) is 3. The lowest BCUT2D eigenvalue weighted by molar-refractivity contribution is 0.161. The monoisotopic (exact) mass is 443 g/mol. The van der Waals surface area contributed by atoms with Crippen molar-refractivity contribution >= 4 is 23.1 Å². The van der Waals surface area contributed by atoms with Gasteiger partial charge in [0.15, 0.2) is 0 Å². The van der Waals surface area contributed by atoms with Crippen LogP contribution in [0.3, 0.4) is 0 Å². The molecule has 1 unspecified atom stereocenters. The molecule has 0 aliphatic heterocycles. The van der Waals surface area contributed by atoms with Gasteiger partial charge in [-0.3, -0.25) is 4.98 Å². The highest BCUT2D eigenvalue weighted by molar-refractivity contribution is 6.33. The van der Waals surface area contributed by atoms with Crippen LogP contribution in [0.25, 0.3) is 11.3 Å². The van der Waals surface area contributed by atoms with E-state index in [9.17, 15) is 0 Å². The molecular weight excluding hydrogens is 410 g/mol. The molecule has 0 radical (unpaired) electrons. The molecule has 4 rings (SSSR count). The van der Waals surface area contributed by atoms with Crippen LogP contribution in [0.2, 0.25) is 5.02 Å². The van der Waals surface area contributed by atoms with E-state index in [0.717, 1.165) is 67.5 Å². The average Bonchev–Trinajstić information content (AvgIpc) is 3.60. The zero-order valence-electron chi connectivity index (χ0n) is 18.5. The van der Waals surface area contributed by atoms with Crippen molar-refractivity contribution in [3.05, 3.63) is 35.6 Å². The van der Waals surface area contributed by atoms with Crippen molar-refractivity contribution in [3.63, 3.8) is 0 Å². The molecule has 6 nitrogen and oxygen atoms in total. The predicted molar refractivity (Wildman–Crippen MR) is 128 cm³/mol. The van der Waals surface area contributed by atoms with E-state index in [1.165, 1.54) is 12.8 Å². The van der Waals surface area contributed by atoms with Gasteiger partial charge in [-0.15, -0.1) is 0 Å². The molecule has 0 bridgehead atoms. The Labute approximate surface area is 190 Å². The van der Waals surface area contributed by atoms with E-state index in [1.807, 2.05) is 18.3 Å². The van der Waals surface area contributed by atoms with Crippen molar-refractivity contribution in [2.45, 2.75) is 63.6 Å². The summed E-state index contributed by atoms with van der Waals surface area (Å²) < 4.78 is 5.23. The van der Waals surface area contributed by atoms with Crippen molar-refractivity contribution in [1.29, 1.82) is 0 Å². The van der Waals surface area contributed by atoms with Gasteiger partial charge in [0.05, 0.1) is 17.3 Å². The molecule has 3 N–H and O–H groups in total. The molecule has 0 aromatic carbocycles. The third kappa shape index (κ3) is 6.55. The van der Waals surface area contributed by atoms with Gasteiger partial charge in [-0.1, -0.05) is 11.6 Å². The molecule has 0 spiro atoms. The van der Waals surface area contributed by atoms with Crippen molar-refractivity contribution in [1.82, 2.24) is 15.3 Å². The van der Waals surface area contributed by atoms with Crippen LogP contribution in [0.15, 0.2) is 30.6 Å². The Morgan fingerprint density at radius 2 is 1.87 bits per heavy atom. The van der Waals surface area contributed by atoms with Crippen molar-refractivity contribution in [2.24, 2.45) is 5.92 Å². The Bertz CT molecular complexity index is 852. The maximum atomic E-state index is 6.49. The fourth-order valence-electron chi connectivity index (χ4n) is 4.30. The number of hydrogen-bond donors (Lipinski definition) is 3. The van der Waals surface area contributed by atoms with E-state index in [0.29, 0.717) is 23.1 Å². The second kappa shape index (κ2) is 10.6. The highest BCUT2D eigenvalue weighted by Gasteiger charge is 2.23. The Kier molecular flexibility index (Phi) is 7.64.